The van der Waals surface area contributed by atoms with Gasteiger partial charge in [0.15, 0.2) is 0 Å². The zero-order valence-corrected chi connectivity index (χ0v) is 13.8. The Labute approximate surface area is 144 Å². The number of hydrogen-bond donors (Lipinski definition) is 2. The summed E-state index contributed by atoms with van der Waals surface area (Å²) in [4.78, 5) is 22.7. The average molecular weight is 347 g/mol. The van der Waals surface area contributed by atoms with E-state index in [1.165, 1.54) is 24.3 Å². The van der Waals surface area contributed by atoms with Gasteiger partial charge in [-0.2, -0.15) is 0 Å². The van der Waals surface area contributed by atoms with E-state index in [4.69, 9.17) is 5.11 Å². The predicted molar refractivity (Wildman–Crippen MR) is 90.3 cm³/mol. The van der Waals surface area contributed by atoms with E-state index >= 15 is 0 Å². The van der Waals surface area contributed by atoms with E-state index in [1.807, 2.05) is 6.92 Å². The number of anilines is 1. The smallest absolute Gasteiger partial charge is 0.307 e. The molecule has 0 spiro atoms. The highest BCUT2D eigenvalue weighted by molar-refractivity contribution is 5.90. The van der Waals surface area contributed by atoms with Crippen molar-refractivity contribution in [3.63, 3.8) is 0 Å². The fourth-order valence-electron chi connectivity index (χ4n) is 2.60. The molecule has 0 bridgehead atoms. The van der Waals surface area contributed by atoms with Crippen molar-refractivity contribution in [2.24, 2.45) is 5.92 Å². The lowest BCUT2D eigenvalue weighted by Gasteiger charge is -2.12. The van der Waals surface area contributed by atoms with Crippen LogP contribution in [0.4, 0.5) is 14.5 Å². The lowest BCUT2D eigenvalue weighted by Crippen LogP contribution is -2.16. The van der Waals surface area contributed by atoms with Crippen molar-refractivity contribution in [3.8, 4) is 0 Å². The summed E-state index contributed by atoms with van der Waals surface area (Å²) >= 11 is 0. The Morgan fingerprint density at radius 2 is 1.92 bits per heavy atom. The van der Waals surface area contributed by atoms with Gasteiger partial charge in [-0.15, -0.1) is 0 Å². The number of hydrogen-bond acceptors (Lipinski definition) is 2. The van der Waals surface area contributed by atoms with Crippen LogP contribution in [-0.4, -0.2) is 17.0 Å². The van der Waals surface area contributed by atoms with Gasteiger partial charge in [0.2, 0.25) is 5.91 Å². The molecule has 0 saturated carbocycles. The second-order valence-electron chi connectivity index (χ2n) is 6.07. The van der Waals surface area contributed by atoms with Crippen LogP contribution in [0.15, 0.2) is 42.5 Å². The van der Waals surface area contributed by atoms with E-state index < -0.39 is 18.2 Å². The molecule has 2 N–H and O–H groups in total. The number of benzene rings is 2. The van der Waals surface area contributed by atoms with Gasteiger partial charge in [0.1, 0.15) is 11.6 Å². The minimum atomic E-state index is -1.12. The molecule has 25 heavy (non-hydrogen) atoms. The summed E-state index contributed by atoms with van der Waals surface area (Å²) in [6.07, 6.45) is 0.344. The maximum Gasteiger partial charge on any atom is 0.307 e. The maximum atomic E-state index is 13.8. The van der Waals surface area contributed by atoms with Gasteiger partial charge in [0.25, 0.3) is 0 Å². The number of halogens is 2. The molecule has 2 rings (SSSR count). The van der Waals surface area contributed by atoms with Gasteiger partial charge < -0.3 is 10.4 Å². The SMILES string of the molecule is CC(CC(=O)Nc1ccc(CC(=O)O)c(F)c1)Cc1cccc(F)c1. The number of nitrogens with one attached hydrogen (secondary N) is 1. The van der Waals surface area contributed by atoms with E-state index in [0.717, 1.165) is 11.6 Å². The van der Waals surface area contributed by atoms with Crippen LogP contribution in [-0.2, 0) is 22.4 Å². The molecule has 132 valence electrons. The first-order chi connectivity index (χ1) is 11.8. The molecule has 1 unspecified atom stereocenters. The zero-order chi connectivity index (χ0) is 18.4. The van der Waals surface area contributed by atoms with Crippen LogP contribution in [0.25, 0.3) is 0 Å². The number of aliphatic carboxylic acids is 1. The second-order valence-corrected chi connectivity index (χ2v) is 6.07. The van der Waals surface area contributed by atoms with Crippen LogP contribution < -0.4 is 5.32 Å². The molecule has 1 atom stereocenters. The minimum absolute atomic E-state index is 0.0158. The van der Waals surface area contributed by atoms with Crippen LogP contribution in [0.3, 0.4) is 0 Å². The molecule has 0 saturated heterocycles. The summed E-state index contributed by atoms with van der Waals surface area (Å²) in [6.45, 7) is 1.88. The summed E-state index contributed by atoms with van der Waals surface area (Å²) in [5.74, 6) is -2.41. The van der Waals surface area contributed by atoms with Gasteiger partial charge in [-0.1, -0.05) is 25.1 Å². The molecule has 2 aromatic rings. The summed E-state index contributed by atoms with van der Waals surface area (Å²) in [7, 11) is 0. The highest BCUT2D eigenvalue weighted by Crippen LogP contribution is 2.17. The molecular weight excluding hydrogens is 328 g/mol. The van der Waals surface area contributed by atoms with Gasteiger partial charge in [0.05, 0.1) is 6.42 Å². The fraction of sp³-hybridized carbons (Fsp3) is 0.263. The fourth-order valence-corrected chi connectivity index (χ4v) is 2.60. The van der Waals surface area contributed by atoms with Crippen molar-refractivity contribution < 1.29 is 23.5 Å². The van der Waals surface area contributed by atoms with Crippen molar-refractivity contribution >= 4 is 17.6 Å². The Bertz CT molecular complexity index is 777. The number of carbonyl (C=O) groups excluding carboxylic acids is 1. The third-order valence-electron chi connectivity index (χ3n) is 3.69. The monoisotopic (exact) mass is 347 g/mol. The van der Waals surface area contributed by atoms with Crippen molar-refractivity contribution in [1.82, 2.24) is 0 Å². The predicted octanol–water partition coefficient (Wildman–Crippen LogP) is 3.80. The van der Waals surface area contributed by atoms with Crippen molar-refractivity contribution in [3.05, 3.63) is 65.2 Å². The normalized spacial score (nSPS) is 11.8. The first-order valence-corrected chi connectivity index (χ1v) is 7.88. The van der Waals surface area contributed by atoms with Gasteiger partial charge in [-0.3, -0.25) is 9.59 Å². The van der Waals surface area contributed by atoms with E-state index in [9.17, 15) is 18.4 Å². The summed E-state index contributed by atoms with van der Waals surface area (Å²) < 4.78 is 27.0. The molecule has 0 aliphatic heterocycles. The topological polar surface area (TPSA) is 66.4 Å². The Balaban J connectivity index is 1.91. The lowest BCUT2D eigenvalue weighted by atomic mass is 9.97. The van der Waals surface area contributed by atoms with Crippen LogP contribution >= 0.6 is 0 Å². The summed E-state index contributed by atoms with van der Waals surface area (Å²) in [5.41, 5.74) is 1.14. The Hall–Kier alpha value is -2.76. The highest BCUT2D eigenvalue weighted by Gasteiger charge is 2.13. The summed E-state index contributed by atoms with van der Waals surface area (Å²) in [5, 5.41) is 11.3. The summed E-state index contributed by atoms with van der Waals surface area (Å²) in [6, 6.07) is 10.1. The lowest BCUT2D eigenvalue weighted by molar-refractivity contribution is -0.136. The molecule has 0 aliphatic rings. The van der Waals surface area contributed by atoms with Crippen LogP contribution in [0.2, 0.25) is 0 Å². The molecule has 2 aromatic carbocycles. The Morgan fingerprint density at radius 3 is 2.56 bits per heavy atom. The van der Waals surface area contributed by atoms with Crippen molar-refractivity contribution in [2.75, 3.05) is 5.32 Å². The van der Waals surface area contributed by atoms with Crippen LogP contribution in [0, 0.1) is 17.6 Å². The van der Waals surface area contributed by atoms with E-state index in [0.29, 0.717) is 6.42 Å². The molecular formula is C19H19F2NO3. The first kappa shape index (κ1) is 18.6. The van der Waals surface area contributed by atoms with Crippen LogP contribution in [0.5, 0.6) is 0 Å². The average Bonchev–Trinajstić information content (AvgIpc) is 2.49. The quantitative estimate of drug-likeness (QED) is 0.801. The molecule has 0 radical (unpaired) electrons. The Morgan fingerprint density at radius 1 is 1.16 bits per heavy atom. The minimum Gasteiger partial charge on any atom is -0.481 e. The molecule has 1 amide bonds. The molecule has 0 heterocycles. The van der Waals surface area contributed by atoms with Crippen molar-refractivity contribution in [2.45, 2.75) is 26.2 Å². The maximum absolute atomic E-state index is 13.8. The number of amides is 1. The molecule has 0 fully saturated rings. The molecule has 0 aromatic heterocycles. The number of carbonyl (C=O) groups is 2. The van der Waals surface area contributed by atoms with Gasteiger partial charge in [-0.25, -0.2) is 8.78 Å². The number of rotatable bonds is 7. The third-order valence-corrected chi connectivity index (χ3v) is 3.69. The zero-order valence-electron chi connectivity index (χ0n) is 13.8. The third kappa shape index (κ3) is 5.99. The van der Waals surface area contributed by atoms with Gasteiger partial charge in [-0.05, 0) is 47.7 Å². The molecule has 4 nitrogen and oxygen atoms in total. The van der Waals surface area contributed by atoms with Gasteiger partial charge >= 0.3 is 5.97 Å². The van der Waals surface area contributed by atoms with E-state index in [1.54, 1.807) is 12.1 Å². The number of carboxylic acid groups (broad SMARTS) is 1. The van der Waals surface area contributed by atoms with Crippen LogP contribution in [0.1, 0.15) is 24.5 Å². The Kier molecular flexibility index (Phi) is 6.22. The number of carboxylic acids is 1. The van der Waals surface area contributed by atoms with Gasteiger partial charge in [0, 0.05) is 12.1 Å². The molecule has 6 heteroatoms. The largest absolute Gasteiger partial charge is 0.481 e. The van der Waals surface area contributed by atoms with Crippen molar-refractivity contribution in [1.29, 1.82) is 0 Å². The van der Waals surface area contributed by atoms with E-state index in [-0.39, 0.29) is 35.3 Å². The molecule has 0 aliphatic carbocycles. The standard InChI is InChI=1S/C19H19F2NO3/c1-12(7-13-3-2-4-15(20)9-13)8-18(23)22-16-6-5-14(10-19(24)25)17(21)11-16/h2-6,9,11-12H,7-8,10H2,1H3,(H,22,23)(H,24,25). The second kappa shape index (κ2) is 8.37. The highest BCUT2D eigenvalue weighted by atomic mass is 19.1. The van der Waals surface area contributed by atoms with E-state index in [2.05, 4.69) is 5.32 Å². The first-order valence-electron chi connectivity index (χ1n) is 7.88.